The monoisotopic (exact) mass is 220 g/mol. The molecule has 0 saturated carbocycles. The van der Waals surface area contributed by atoms with Crippen LogP contribution in [-0.2, 0) is 0 Å². The van der Waals surface area contributed by atoms with Gasteiger partial charge in [0.05, 0.1) is 6.07 Å². The Bertz CT molecular complexity index is 451. The van der Waals surface area contributed by atoms with E-state index in [1.54, 1.807) is 0 Å². The lowest BCUT2D eigenvalue weighted by Gasteiger charge is -2.13. The molecule has 0 saturated heterocycles. The molecule has 5 heteroatoms. The summed E-state index contributed by atoms with van der Waals surface area (Å²) in [6.07, 6.45) is -2.87. The van der Waals surface area contributed by atoms with Crippen LogP contribution in [0.25, 0.3) is 0 Å². The number of Topliss-reactive ketones (excluding diaryl/α,β-unsaturated/α-hetero) is 1. The number of nitrogens with two attached hydrogens (primary N) is 1. The number of carbonyl (C=O) groups excluding carboxylic acids is 1. The third-order valence-electron chi connectivity index (χ3n) is 2.23. The predicted octanol–water partition coefficient (Wildman–Crippen LogP) is 0.389. The highest BCUT2D eigenvalue weighted by Gasteiger charge is 2.19. The van der Waals surface area contributed by atoms with Crippen molar-refractivity contribution in [3.8, 4) is 6.07 Å². The Morgan fingerprint density at radius 2 is 2.12 bits per heavy atom. The molecule has 1 aromatic carbocycles. The lowest BCUT2D eigenvalue weighted by atomic mass is 10.00. The normalized spacial score (nSPS) is 13.9. The molecule has 0 aliphatic heterocycles. The summed E-state index contributed by atoms with van der Waals surface area (Å²) < 4.78 is 0. The lowest BCUT2D eigenvalue weighted by Crippen LogP contribution is -2.16. The number of aliphatic hydroxyl groups is 2. The van der Waals surface area contributed by atoms with Crippen molar-refractivity contribution in [2.24, 2.45) is 0 Å². The van der Waals surface area contributed by atoms with E-state index in [1.165, 1.54) is 31.2 Å². The van der Waals surface area contributed by atoms with Gasteiger partial charge < -0.3 is 15.9 Å². The number of ketones is 1. The van der Waals surface area contributed by atoms with Crippen LogP contribution < -0.4 is 5.73 Å². The molecule has 0 aliphatic carbocycles. The van der Waals surface area contributed by atoms with Gasteiger partial charge in [0.15, 0.2) is 11.9 Å². The number of rotatable bonds is 3. The second-order valence-corrected chi connectivity index (χ2v) is 3.42. The summed E-state index contributed by atoms with van der Waals surface area (Å²) in [5.74, 6) is -0.238. The number of nitriles is 1. The van der Waals surface area contributed by atoms with Gasteiger partial charge in [-0.25, -0.2) is 0 Å². The van der Waals surface area contributed by atoms with Gasteiger partial charge >= 0.3 is 0 Å². The molecule has 5 nitrogen and oxygen atoms in total. The predicted molar refractivity (Wildman–Crippen MR) is 57.4 cm³/mol. The zero-order valence-electron chi connectivity index (χ0n) is 8.71. The fourth-order valence-corrected chi connectivity index (χ4v) is 1.32. The van der Waals surface area contributed by atoms with Crippen molar-refractivity contribution in [2.45, 2.75) is 19.1 Å². The molecule has 2 unspecified atom stereocenters. The van der Waals surface area contributed by atoms with Crippen LogP contribution in [0, 0.1) is 11.3 Å². The van der Waals surface area contributed by atoms with Crippen molar-refractivity contribution in [3.63, 3.8) is 0 Å². The summed E-state index contributed by atoms with van der Waals surface area (Å²) in [4.78, 5) is 11.2. The van der Waals surface area contributed by atoms with Crippen LogP contribution in [0.1, 0.15) is 28.9 Å². The molecule has 0 aliphatic rings. The molecule has 84 valence electrons. The molecule has 1 aromatic rings. The Hall–Kier alpha value is -1.90. The first-order valence-corrected chi connectivity index (χ1v) is 4.63. The average molecular weight is 220 g/mol. The Labute approximate surface area is 92.7 Å². The summed E-state index contributed by atoms with van der Waals surface area (Å²) >= 11 is 0. The van der Waals surface area contributed by atoms with E-state index in [0.29, 0.717) is 5.69 Å². The number of anilines is 1. The maximum absolute atomic E-state index is 11.2. The molecule has 0 heterocycles. The van der Waals surface area contributed by atoms with Crippen molar-refractivity contribution in [1.29, 1.82) is 5.26 Å². The van der Waals surface area contributed by atoms with E-state index >= 15 is 0 Å². The van der Waals surface area contributed by atoms with Gasteiger partial charge in [0.1, 0.15) is 6.10 Å². The second-order valence-electron chi connectivity index (χ2n) is 3.42. The van der Waals surface area contributed by atoms with Crippen molar-refractivity contribution < 1.29 is 15.0 Å². The van der Waals surface area contributed by atoms with Crippen LogP contribution in [0.4, 0.5) is 5.69 Å². The molecule has 0 aromatic heterocycles. The largest absolute Gasteiger partial charge is 0.398 e. The van der Waals surface area contributed by atoms with Gasteiger partial charge in [0.25, 0.3) is 0 Å². The number of carbonyl (C=O) groups is 1. The first-order valence-electron chi connectivity index (χ1n) is 4.63. The summed E-state index contributed by atoms with van der Waals surface area (Å²) in [5.41, 5.74) is 6.42. The van der Waals surface area contributed by atoms with Crippen molar-refractivity contribution in [3.05, 3.63) is 29.3 Å². The smallest absolute Gasteiger partial charge is 0.170 e. The zero-order chi connectivity index (χ0) is 12.3. The van der Waals surface area contributed by atoms with Crippen molar-refractivity contribution >= 4 is 11.5 Å². The molecule has 0 fully saturated rings. The van der Waals surface area contributed by atoms with Crippen LogP contribution in [0.15, 0.2) is 18.2 Å². The summed E-state index contributed by atoms with van der Waals surface area (Å²) in [5, 5.41) is 27.2. The van der Waals surface area contributed by atoms with E-state index in [4.69, 9.17) is 16.1 Å². The van der Waals surface area contributed by atoms with E-state index in [-0.39, 0.29) is 16.9 Å². The van der Waals surface area contributed by atoms with Gasteiger partial charge in [-0.05, 0) is 24.6 Å². The van der Waals surface area contributed by atoms with Gasteiger partial charge in [-0.2, -0.15) is 5.26 Å². The van der Waals surface area contributed by atoms with Crippen molar-refractivity contribution in [2.75, 3.05) is 5.73 Å². The molecule has 16 heavy (non-hydrogen) atoms. The van der Waals surface area contributed by atoms with Crippen LogP contribution in [0.2, 0.25) is 0 Å². The van der Waals surface area contributed by atoms with E-state index in [2.05, 4.69) is 0 Å². The highest BCUT2D eigenvalue weighted by molar-refractivity contribution is 5.99. The molecule has 1 rings (SSSR count). The molecule has 0 bridgehead atoms. The fraction of sp³-hybridized carbons (Fsp3) is 0.273. The highest BCUT2D eigenvalue weighted by atomic mass is 16.3. The molecule has 2 atom stereocenters. The number of benzene rings is 1. The molecule has 4 N–H and O–H groups in total. The summed E-state index contributed by atoms with van der Waals surface area (Å²) in [6.45, 7) is 1.35. The summed E-state index contributed by atoms with van der Waals surface area (Å²) in [6, 6.07) is 5.82. The van der Waals surface area contributed by atoms with E-state index < -0.39 is 12.2 Å². The third kappa shape index (κ3) is 2.37. The Kier molecular flexibility index (Phi) is 3.61. The third-order valence-corrected chi connectivity index (χ3v) is 2.23. The maximum Gasteiger partial charge on any atom is 0.170 e. The first kappa shape index (κ1) is 12.2. The van der Waals surface area contributed by atoms with Crippen molar-refractivity contribution in [1.82, 2.24) is 0 Å². The second kappa shape index (κ2) is 4.75. The van der Waals surface area contributed by atoms with Gasteiger partial charge in [-0.3, -0.25) is 4.79 Å². The quantitative estimate of drug-likeness (QED) is 0.388. The average Bonchev–Trinajstić information content (AvgIpc) is 2.27. The van der Waals surface area contributed by atoms with Crippen LogP contribution >= 0.6 is 0 Å². The fourth-order valence-electron chi connectivity index (χ4n) is 1.32. The minimum Gasteiger partial charge on any atom is -0.398 e. The van der Waals surface area contributed by atoms with E-state index in [9.17, 15) is 9.90 Å². The van der Waals surface area contributed by atoms with Gasteiger partial charge in [0.2, 0.25) is 0 Å². The standard InChI is InChI=1S/C11H12N2O3/c1-6(14)8-4-7(2-3-9(8)13)11(16)10(15)5-12/h2-4,10-11,15-16H,13H2,1H3. The first-order chi connectivity index (χ1) is 7.47. The van der Waals surface area contributed by atoms with Gasteiger partial charge in [0, 0.05) is 11.3 Å². The van der Waals surface area contributed by atoms with Crippen LogP contribution in [-0.4, -0.2) is 22.1 Å². The number of aliphatic hydroxyl groups excluding tert-OH is 2. The SMILES string of the molecule is CC(=O)c1cc(C(O)C(O)C#N)ccc1N. The molecule has 0 spiro atoms. The van der Waals surface area contributed by atoms with Crippen LogP contribution in [0.5, 0.6) is 0 Å². The maximum atomic E-state index is 11.2. The molecule has 0 radical (unpaired) electrons. The molecule has 0 amide bonds. The number of hydrogen-bond donors (Lipinski definition) is 3. The minimum absolute atomic E-state index is 0.238. The molecular formula is C11H12N2O3. The zero-order valence-corrected chi connectivity index (χ0v) is 8.71. The van der Waals surface area contributed by atoms with Crippen LogP contribution in [0.3, 0.4) is 0 Å². The number of nitrogens with zero attached hydrogens (tertiary/aromatic N) is 1. The topological polar surface area (TPSA) is 107 Å². The Morgan fingerprint density at radius 1 is 1.50 bits per heavy atom. The van der Waals surface area contributed by atoms with E-state index in [0.717, 1.165) is 0 Å². The number of nitrogen functional groups attached to an aromatic ring is 1. The lowest BCUT2D eigenvalue weighted by molar-refractivity contribution is 0.0527. The number of hydrogen-bond acceptors (Lipinski definition) is 5. The van der Waals surface area contributed by atoms with Gasteiger partial charge in [-0.1, -0.05) is 6.07 Å². The minimum atomic E-state index is -1.52. The Morgan fingerprint density at radius 3 is 2.62 bits per heavy atom. The van der Waals surface area contributed by atoms with Gasteiger partial charge in [-0.15, -0.1) is 0 Å². The van der Waals surface area contributed by atoms with E-state index in [1.807, 2.05) is 0 Å². The summed E-state index contributed by atoms with van der Waals surface area (Å²) in [7, 11) is 0. The molecular weight excluding hydrogens is 208 g/mol. The Balaban J connectivity index is 3.13. The highest BCUT2D eigenvalue weighted by Crippen LogP contribution is 2.22.